The fourth-order valence-corrected chi connectivity index (χ4v) is 6.77. The molecule has 2 aliphatic carbocycles. The van der Waals surface area contributed by atoms with Gasteiger partial charge in [0.05, 0.1) is 29.3 Å². The van der Waals surface area contributed by atoms with Crippen LogP contribution in [0.3, 0.4) is 0 Å². The van der Waals surface area contributed by atoms with E-state index in [1.165, 1.54) is 11.1 Å². The van der Waals surface area contributed by atoms with E-state index in [-0.39, 0.29) is 11.6 Å². The first-order valence-electron chi connectivity index (χ1n) is 15.0. The van der Waals surface area contributed by atoms with Crippen molar-refractivity contribution in [3.63, 3.8) is 0 Å². The Kier molecular flexibility index (Phi) is 7.43. The van der Waals surface area contributed by atoms with Crippen LogP contribution in [0.1, 0.15) is 88.0 Å². The second-order valence-corrected chi connectivity index (χ2v) is 12.7. The second kappa shape index (κ2) is 11.0. The van der Waals surface area contributed by atoms with Gasteiger partial charge in [-0.15, -0.1) is 0 Å². The molecule has 0 saturated heterocycles. The first-order chi connectivity index (χ1) is 19.7. The summed E-state index contributed by atoms with van der Waals surface area (Å²) in [4.78, 5) is 26.0. The van der Waals surface area contributed by atoms with Crippen molar-refractivity contribution in [3.05, 3.63) is 95.6 Å². The molecule has 0 bridgehead atoms. The number of pyridine rings is 1. The Morgan fingerprint density at radius 3 is 2.51 bits per heavy atom. The van der Waals surface area contributed by atoms with Crippen LogP contribution in [-0.4, -0.2) is 37.2 Å². The first kappa shape index (κ1) is 27.6. The van der Waals surface area contributed by atoms with Gasteiger partial charge in [-0.2, -0.15) is 0 Å². The normalized spacial score (nSPS) is 23.0. The number of carbonyl (C=O) groups excluding carboxylic acids is 1. The number of para-hydroxylation sites is 2. The Hall–Kier alpha value is -3.55. The average molecular weight is 552 g/mol. The van der Waals surface area contributed by atoms with Gasteiger partial charge in [-0.3, -0.25) is 9.88 Å². The van der Waals surface area contributed by atoms with Crippen LogP contribution < -0.4 is 5.73 Å². The highest BCUT2D eigenvalue weighted by Gasteiger charge is 2.39. The summed E-state index contributed by atoms with van der Waals surface area (Å²) in [7, 11) is 0. The summed E-state index contributed by atoms with van der Waals surface area (Å²) in [6.45, 7) is 6.22. The van der Waals surface area contributed by atoms with Gasteiger partial charge in [0.25, 0.3) is 0 Å². The SMILES string of the molecule is CC(C)(C)OC(=O)n1c(CN(C2CCCc3cccnc32)[C@H]2CC[C@](N)(c3ccccc3)CC2)nc2ccccc21. The maximum Gasteiger partial charge on any atom is 0.420 e. The van der Waals surface area contributed by atoms with Gasteiger partial charge in [0.2, 0.25) is 0 Å². The number of nitrogens with two attached hydrogens (primary N) is 1. The number of nitrogens with zero attached hydrogens (tertiary/aromatic N) is 4. The van der Waals surface area contributed by atoms with Gasteiger partial charge in [-0.05, 0) is 95.0 Å². The van der Waals surface area contributed by atoms with Crippen LogP contribution in [-0.2, 0) is 23.2 Å². The summed E-state index contributed by atoms with van der Waals surface area (Å²) in [5.74, 6) is 0.705. The number of hydrogen-bond donors (Lipinski definition) is 1. The molecule has 1 saturated carbocycles. The number of aryl methyl sites for hydroxylation is 1. The van der Waals surface area contributed by atoms with E-state index in [0.29, 0.717) is 18.4 Å². The van der Waals surface area contributed by atoms with Gasteiger partial charge in [0.15, 0.2) is 0 Å². The minimum Gasteiger partial charge on any atom is -0.443 e. The lowest BCUT2D eigenvalue weighted by atomic mass is 9.74. The zero-order valence-electron chi connectivity index (χ0n) is 24.4. The minimum atomic E-state index is -0.614. The molecule has 7 nitrogen and oxygen atoms in total. The second-order valence-electron chi connectivity index (χ2n) is 12.7. The van der Waals surface area contributed by atoms with Crippen LogP contribution in [0.5, 0.6) is 0 Å². The number of aromatic nitrogens is 3. The topological polar surface area (TPSA) is 86.3 Å². The van der Waals surface area contributed by atoms with Crippen molar-refractivity contribution in [2.45, 2.75) is 95.5 Å². The predicted molar refractivity (Wildman–Crippen MR) is 161 cm³/mol. The lowest BCUT2D eigenvalue weighted by Crippen LogP contribution is -2.48. The molecule has 0 amide bonds. The standard InChI is InChI=1S/C34H41N5O2/c1-33(2,3)41-32(40)39-28-16-8-7-15-27(28)37-30(39)23-38(29-17-9-11-24-12-10-22-36-31(24)29)26-18-20-34(35,21-19-26)25-13-5-4-6-14-25/h4-8,10,12-16,22,26,29H,9,11,17-21,23,35H2,1-3H3/t26-,29?,34+. The smallest absolute Gasteiger partial charge is 0.420 e. The molecule has 1 unspecified atom stereocenters. The minimum absolute atomic E-state index is 0.152. The highest BCUT2D eigenvalue weighted by atomic mass is 16.6. The number of fused-ring (bicyclic) bond motifs is 2. The van der Waals surface area contributed by atoms with Crippen LogP contribution >= 0.6 is 0 Å². The zero-order valence-corrected chi connectivity index (χ0v) is 24.4. The summed E-state index contributed by atoms with van der Waals surface area (Å²) in [5, 5.41) is 0. The van der Waals surface area contributed by atoms with Crippen LogP contribution in [0.4, 0.5) is 4.79 Å². The first-order valence-corrected chi connectivity index (χ1v) is 15.0. The Bertz CT molecular complexity index is 1520. The summed E-state index contributed by atoms with van der Waals surface area (Å²) < 4.78 is 7.55. The van der Waals surface area contributed by atoms with Crippen LogP contribution in [0, 0.1) is 0 Å². The van der Waals surface area contributed by atoms with Crippen molar-refractivity contribution in [3.8, 4) is 0 Å². The number of ether oxygens (including phenoxy) is 1. The van der Waals surface area contributed by atoms with E-state index in [0.717, 1.165) is 61.7 Å². The van der Waals surface area contributed by atoms with Crippen molar-refractivity contribution in [2.24, 2.45) is 5.73 Å². The van der Waals surface area contributed by atoms with Gasteiger partial charge in [0.1, 0.15) is 11.4 Å². The quantitative estimate of drug-likeness (QED) is 0.291. The number of carbonyl (C=O) groups is 1. The van der Waals surface area contributed by atoms with E-state index in [9.17, 15) is 4.79 Å². The van der Waals surface area contributed by atoms with E-state index in [1.54, 1.807) is 4.57 Å². The lowest BCUT2D eigenvalue weighted by Gasteiger charge is -2.45. The van der Waals surface area contributed by atoms with Crippen molar-refractivity contribution in [2.75, 3.05) is 0 Å². The Balaban J connectivity index is 1.37. The molecule has 4 aromatic rings. The third-order valence-electron chi connectivity index (χ3n) is 8.76. The number of imidazole rings is 1. The number of hydrogen-bond acceptors (Lipinski definition) is 6. The monoisotopic (exact) mass is 551 g/mol. The van der Waals surface area contributed by atoms with E-state index in [2.05, 4.69) is 35.2 Å². The summed E-state index contributed by atoms with van der Waals surface area (Å²) in [6, 6.07) is 23.0. The maximum atomic E-state index is 13.6. The molecule has 0 radical (unpaired) electrons. The largest absolute Gasteiger partial charge is 0.443 e. The van der Waals surface area contributed by atoms with E-state index in [1.807, 2.05) is 63.4 Å². The summed E-state index contributed by atoms with van der Waals surface area (Å²) in [6.07, 6.45) is 8.45. The highest BCUT2D eigenvalue weighted by Crippen LogP contribution is 2.42. The fraction of sp³-hybridized carbons (Fsp3) is 0.441. The van der Waals surface area contributed by atoms with Crippen LogP contribution in [0.2, 0.25) is 0 Å². The molecule has 0 spiro atoms. The van der Waals surface area contributed by atoms with Crippen molar-refractivity contribution < 1.29 is 9.53 Å². The van der Waals surface area contributed by atoms with Crippen molar-refractivity contribution in [1.82, 2.24) is 19.4 Å². The third kappa shape index (κ3) is 5.66. The van der Waals surface area contributed by atoms with Crippen molar-refractivity contribution >= 4 is 17.1 Å². The molecule has 6 rings (SSSR count). The maximum absolute atomic E-state index is 13.6. The van der Waals surface area contributed by atoms with Crippen LogP contribution in [0.15, 0.2) is 72.9 Å². The molecule has 2 aliphatic rings. The molecular weight excluding hydrogens is 510 g/mol. The summed E-state index contributed by atoms with van der Waals surface area (Å²) >= 11 is 0. The molecule has 7 heteroatoms. The highest BCUT2D eigenvalue weighted by molar-refractivity contribution is 5.87. The molecule has 2 aromatic heterocycles. The Morgan fingerprint density at radius 1 is 1.02 bits per heavy atom. The lowest BCUT2D eigenvalue weighted by molar-refractivity contribution is 0.0483. The molecule has 2 heterocycles. The van der Waals surface area contributed by atoms with Gasteiger partial charge >= 0.3 is 6.09 Å². The van der Waals surface area contributed by atoms with Gasteiger partial charge in [-0.25, -0.2) is 14.3 Å². The molecular formula is C34H41N5O2. The number of rotatable bonds is 5. The molecule has 0 aliphatic heterocycles. The number of benzene rings is 2. The predicted octanol–water partition coefficient (Wildman–Crippen LogP) is 6.89. The molecule has 2 N–H and O–H groups in total. The Morgan fingerprint density at radius 2 is 1.76 bits per heavy atom. The van der Waals surface area contributed by atoms with E-state index >= 15 is 0 Å². The Labute approximate surface area is 242 Å². The van der Waals surface area contributed by atoms with Crippen molar-refractivity contribution in [1.29, 1.82) is 0 Å². The van der Waals surface area contributed by atoms with Gasteiger partial charge < -0.3 is 10.5 Å². The molecule has 1 atom stereocenters. The molecule has 214 valence electrons. The van der Waals surface area contributed by atoms with Crippen LogP contribution in [0.25, 0.3) is 11.0 Å². The summed E-state index contributed by atoms with van der Waals surface area (Å²) in [5.41, 5.74) is 11.3. The van der Waals surface area contributed by atoms with E-state index < -0.39 is 11.7 Å². The molecule has 41 heavy (non-hydrogen) atoms. The third-order valence-corrected chi connectivity index (χ3v) is 8.76. The fourth-order valence-electron chi connectivity index (χ4n) is 6.77. The average Bonchev–Trinajstić information content (AvgIpc) is 3.34. The van der Waals surface area contributed by atoms with Gasteiger partial charge in [0, 0.05) is 17.8 Å². The molecule has 1 fully saturated rings. The van der Waals surface area contributed by atoms with E-state index in [4.69, 9.17) is 20.4 Å². The molecule has 2 aromatic carbocycles. The zero-order chi connectivity index (χ0) is 28.6. The van der Waals surface area contributed by atoms with Gasteiger partial charge in [-0.1, -0.05) is 48.5 Å².